The van der Waals surface area contributed by atoms with E-state index in [4.69, 9.17) is 0 Å². The number of amides is 1. The van der Waals surface area contributed by atoms with Crippen LogP contribution < -0.4 is 0 Å². The molecule has 6 heteroatoms. The second-order valence-electron chi connectivity index (χ2n) is 4.87. The zero-order chi connectivity index (χ0) is 15.7. The molecule has 0 saturated carbocycles. The fourth-order valence-corrected chi connectivity index (χ4v) is 3.70. The molecule has 114 valence electrons. The number of thioether (sulfide) groups is 1. The first-order valence-corrected chi connectivity index (χ1v) is 7.75. The molecular formula is C16H12F3NOS. The summed E-state index contributed by atoms with van der Waals surface area (Å²) in [6.07, 6.45) is 0. The summed E-state index contributed by atoms with van der Waals surface area (Å²) in [5.74, 6) is -1.86. The van der Waals surface area contributed by atoms with Crippen LogP contribution in [-0.2, 0) is 0 Å². The van der Waals surface area contributed by atoms with E-state index in [2.05, 4.69) is 0 Å². The monoisotopic (exact) mass is 323 g/mol. The third kappa shape index (κ3) is 2.70. The van der Waals surface area contributed by atoms with E-state index in [-0.39, 0.29) is 11.1 Å². The number of rotatable bonds is 2. The molecular weight excluding hydrogens is 311 g/mol. The molecule has 1 amide bonds. The molecule has 1 heterocycles. The molecule has 0 N–H and O–H groups in total. The Labute approximate surface area is 129 Å². The van der Waals surface area contributed by atoms with Crippen LogP contribution in [0.15, 0.2) is 42.5 Å². The maximum atomic E-state index is 14.0. The molecule has 0 radical (unpaired) electrons. The lowest BCUT2D eigenvalue weighted by Crippen LogP contribution is -2.31. The largest absolute Gasteiger partial charge is 0.321 e. The molecule has 0 aliphatic carbocycles. The molecule has 2 nitrogen and oxygen atoms in total. The molecule has 2 aromatic carbocycles. The first kappa shape index (κ1) is 15.0. The van der Waals surface area contributed by atoms with E-state index in [1.54, 1.807) is 6.07 Å². The average Bonchev–Trinajstić information content (AvgIpc) is 2.96. The second kappa shape index (κ2) is 6.04. The molecule has 1 saturated heterocycles. The lowest BCUT2D eigenvalue weighted by molar-refractivity contribution is 0.0754. The quantitative estimate of drug-likeness (QED) is 0.833. The minimum atomic E-state index is -0.703. The minimum Gasteiger partial charge on any atom is -0.321 e. The first-order valence-electron chi connectivity index (χ1n) is 6.70. The van der Waals surface area contributed by atoms with Crippen molar-refractivity contribution in [3.63, 3.8) is 0 Å². The van der Waals surface area contributed by atoms with Gasteiger partial charge in [0, 0.05) is 23.9 Å². The number of carbonyl (C=O) groups excluding carboxylic acids is 1. The molecule has 0 unspecified atom stereocenters. The van der Waals surface area contributed by atoms with Crippen molar-refractivity contribution >= 4 is 17.7 Å². The van der Waals surface area contributed by atoms with Crippen LogP contribution in [-0.4, -0.2) is 23.1 Å². The van der Waals surface area contributed by atoms with Crippen molar-refractivity contribution in [2.24, 2.45) is 0 Å². The van der Waals surface area contributed by atoms with Crippen molar-refractivity contribution in [3.8, 4) is 0 Å². The summed E-state index contributed by atoms with van der Waals surface area (Å²) in [5.41, 5.74) is 0.186. The van der Waals surface area contributed by atoms with Gasteiger partial charge < -0.3 is 4.90 Å². The predicted molar refractivity (Wildman–Crippen MR) is 79.0 cm³/mol. The molecule has 1 fully saturated rings. The topological polar surface area (TPSA) is 20.3 Å². The summed E-state index contributed by atoms with van der Waals surface area (Å²) in [4.78, 5) is 13.9. The van der Waals surface area contributed by atoms with Gasteiger partial charge in [-0.1, -0.05) is 18.2 Å². The summed E-state index contributed by atoms with van der Waals surface area (Å²) in [5, 5.41) is -0.576. The van der Waals surface area contributed by atoms with Gasteiger partial charge in [-0.15, -0.1) is 11.8 Å². The third-order valence-corrected chi connectivity index (χ3v) is 4.73. The number of halogens is 3. The van der Waals surface area contributed by atoms with E-state index < -0.39 is 28.7 Å². The Kier molecular flexibility index (Phi) is 4.11. The van der Waals surface area contributed by atoms with Gasteiger partial charge in [0.25, 0.3) is 5.91 Å². The summed E-state index contributed by atoms with van der Waals surface area (Å²) in [7, 11) is 0. The van der Waals surface area contributed by atoms with Crippen molar-refractivity contribution in [1.82, 2.24) is 4.90 Å². The summed E-state index contributed by atoms with van der Waals surface area (Å²) >= 11 is 1.37. The van der Waals surface area contributed by atoms with Gasteiger partial charge in [0.2, 0.25) is 0 Å². The van der Waals surface area contributed by atoms with E-state index in [0.29, 0.717) is 12.3 Å². The molecule has 1 aliphatic heterocycles. The van der Waals surface area contributed by atoms with Gasteiger partial charge in [-0.2, -0.15) is 0 Å². The van der Waals surface area contributed by atoms with E-state index in [1.807, 2.05) is 0 Å². The maximum absolute atomic E-state index is 14.0. The van der Waals surface area contributed by atoms with Crippen molar-refractivity contribution in [1.29, 1.82) is 0 Å². The highest BCUT2D eigenvalue weighted by Crippen LogP contribution is 2.40. The van der Waals surface area contributed by atoms with Crippen LogP contribution in [0.4, 0.5) is 13.2 Å². The predicted octanol–water partition coefficient (Wildman–Crippen LogP) is 3.99. The highest BCUT2D eigenvalue weighted by atomic mass is 32.2. The molecule has 1 aliphatic rings. The average molecular weight is 323 g/mol. The van der Waals surface area contributed by atoms with E-state index in [1.165, 1.54) is 40.9 Å². The highest BCUT2D eigenvalue weighted by molar-refractivity contribution is 7.99. The van der Waals surface area contributed by atoms with Crippen molar-refractivity contribution in [2.45, 2.75) is 5.37 Å². The van der Waals surface area contributed by atoms with Crippen LogP contribution in [0, 0.1) is 17.5 Å². The standard InChI is InChI=1S/C16H12F3NOS/c17-10-5-6-12(14(19)9-10)16-20(7-8-22-16)15(21)11-3-1-2-4-13(11)18/h1-6,9,16H,7-8H2/t16-/m0/s1. The highest BCUT2D eigenvalue weighted by Gasteiger charge is 2.33. The fraction of sp³-hybridized carbons (Fsp3) is 0.188. The lowest BCUT2D eigenvalue weighted by atomic mass is 10.1. The molecule has 0 bridgehead atoms. The van der Waals surface area contributed by atoms with E-state index >= 15 is 0 Å². The molecule has 1 atom stereocenters. The smallest absolute Gasteiger partial charge is 0.258 e. The maximum Gasteiger partial charge on any atom is 0.258 e. The Hall–Kier alpha value is -1.95. The van der Waals surface area contributed by atoms with Gasteiger partial charge >= 0.3 is 0 Å². The Balaban J connectivity index is 1.93. The van der Waals surface area contributed by atoms with Crippen LogP contribution in [0.25, 0.3) is 0 Å². The number of hydrogen-bond donors (Lipinski definition) is 0. The Morgan fingerprint density at radius 2 is 1.86 bits per heavy atom. The molecule has 22 heavy (non-hydrogen) atoms. The van der Waals surface area contributed by atoms with Crippen LogP contribution in [0.3, 0.4) is 0 Å². The van der Waals surface area contributed by atoms with Crippen molar-refractivity contribution in [3.05, 3.63) is 71.0 Å². The fourth-order valence-electron chi connectivity index (χ4n) is 2.43. The van der Waals surface area contributed by atoms with Crippen LogP contribution in [0.1, 0.15) is 21.3 Å². The Morgan fingerprint density at radius 3 is 2.59 bits per heavy atom. The van der Waals surface area contributed by atoms with E-state index in [0.717, 1.165) is 12.1 Å². The Morgan fingerprint density at radius 1 is 1.09 bits per heavy atom. The number of benzene rings is 2. The first-order chi connectivity index (χ1) is 10.6. The zero-order valence-corrected chi connectivity index (χ0v) is 12.2. The SMILES string of the molecule is O=C(c1ccccc1F)N1CCS[C@H]1c1ccc(F)cc1F. The second-order valence-corrected chi connectivity index (χ2v) is 6.06. The summed E-state index contributed by atoms with van der Waals surface area (Å²) in [6, 6.07) is 8.97. The summed E-state index contributed by atoms with van der Waals surface area (Å²) < 4.78 is 40.8. The molecule has 0 aromatic heterocycles. The zero-order valence-electron chi connectivity index (χ0n) is 11.4. The molecule has 0 spiro atoms. The number of hydrogen-bond acceptors (Lipinski definition) is 2. The van der Waals surface area contributed by atoms with Gasteiger partial charge in [0.1, 0.15) is 22.8 Å². The summed E-state index contributed by atoms with van der Waals surface area (Å²) in [6.45, 7) is 0.388. The third-order valence-electron chi connectivity index (χ3n) is 3.48. The number of carbonyl (C=O) groups is 1. The Bertz CT molecular complexity index is 722. The van der Waals surface area contributed by atoms with Gasteiger partial charge in [-0.05, 0) is 18.2 Å². The van der Waals surface area contributed by atoms with Crippen molar-refractivity contribution < 1.29 is 18.0 Å². The van der Waals surface area contributed by atoms with Gasteiger partial charge in [-0.3, -0.25) is 4.79 Å². The van der Waals surface area contributed by atoms with Crippen LogP contribution in [0.2, 0.25) is 0 Å². The number of nitrogens with zero attached hydrogens (tertiary/aromatic N) is 1. The van der Waals surface area contributed by atoms with Crippen LogP contribution in [0.5, 0.6) is 0 Å². The van der Waals surface area contributed by atoms with Gasteiger partial charge in [0.05, 0.1) is 5.56 Å². The van der Waals surface area contributed by atoms with Crippen molar-refractivity contribution in [2.75, 3.05) is 12.3 Å². The van der Waals surface area contributed by atoms with Gasteiger partial charge in [-0.25, -0.2) is 13.2 Å². The minimum absolute atomic E-state index is 0.0440. The van der Waals surface area contributed by atoms with Gasteiger partial charge in [0.15, 0.2) is 0 Å². The normalized spacial score (nSPS) is 17.8. The van der Waals surface area contributed by atoms with Crippen LogP contribution >= 0.6 is 11.8 Å². The molecule has 3 rings (SSSR count). The lowest BCUT2D eigenvalue weighted by Gasteiger charge is -2.24. The molecule has 2 aromatic rings. The van der Waals surface area contributed by atoms with E-state index in [9.17, 15) is 18.0 Å².